The third-order valence-corrected chi connectivity index (χ3v) is 6.93. The summed E-state index contributed by atoms with van der Waals surface area (Å²) in [6.07, 6.45) is -0.998. The van der Waals surface area contributed by atoms with Crippen LogP contribution in [0.5, 0.6) is 17.2 Å². The predicted molar refractivity (Wildman–Crippen MR) is 148 cm³/mol. The molecule has 1 N–H and O–H groups in total. The van der Waals surface area contributed by atoms with Gasteiger partial charge in [-0.25, -0.2) is 9.78 Å². The fourth-order valence-electron chi connectivity index (χ4n) is 3.90. The molecule has 5 rings (SSSR count). The van der Waals surface area contributed by atoms with Gasteiger partial charge in [-0.15, -0.1) is 11.3 Å². The molecule has 7 nitrogen and oxygen atoms in total. The number of thiophene rings is 1. The quantitative estimate of drug-likeness (QED) is 0.121. The molecule has 0 aliphatic carbocycles. The van der Waals surface area contributed by atoms with Gasteiger partial charge in [-0.1, -0.05) is 78.3 Å². The maximum atomic E-state index is 12.6. The van der Waals surface area contributed by atoms with E-state index >= 15 is 0 Å². The first-order valence-corrected chi connectivity index (χ1v) is 12.9. The third kappa shape index (κ3) is 5.37. The number of alkyl halides is 1. The lowest BCUT2D eigenvalue weighted by Crippen LogP contribution is -2.13. The summed E-state index contributed by atoms with van der Waals surface area (Å²) in [4.78, 5) is 22.0. The minimum atomic E-state index is -1.02. The summed E-state index contributed by atoms with van der Waals surface area (Å²) in [5.74, 6) is 1.19. The van der Waals surface area contributed by atoms with E-state index in [-0.39, 0.29) is 17.2 Å². The summed E-state index contributed by atoms with van der Waals surface area (Å²) >= 11 is 7.85. The maximum Gasteiger partial charge on any atom is 0.515 e. The van der Waals surface area contributed by atoms with Crippen LogP contribution in [0.2, 0.25) is 0 Å². The van der Waals surface area contributed by atoms with Crippen LogP contribution in [0.4, 0.5) is 4.79 Å². The molecule has 0 spiro atoms. The van der Waals surface area contributed by atoms with Gasteiger partial charge in [0.25, 0.3) is 0 Å². The standard InChI is InChI=1S/C29H23ClN2O5S/c1-34-21-16-20(17-22(35-2)26(21)36-29(33)37-27(30)19-12-7-4-8-13-19)28-31-24(18-10-5-3-6-11-18)25(32-28)23-14-9-15-38-23/h3-17,27H,1-2H3,(H,31,32). The van der Waals surface area contributed by atoms with Crippen molar-refractivity contribution in [3.63, 3.8) is 0 Å². The van der Waals surface area contributed by atoms with Crippen molar-refractivity contribution in [2.24, 2.45) is 0 Å². The largest absolute Gasteiger partial charge is 0.515 e. The van der Waals surface area contributed by atoms with Crippen LogP contribution in [-0.2, 0) is 4.74 Å². The molecule has 192 valence electrons. The smallest absolute Gasteiger partial charge is 0.493 e. The molecule has 0 fully saturated rings. The average Bonchev–Trinajstić information content (AvgIpc) is 3.64. The highest BCUT2D eigenvalue weighted by Crippen LogP contribution is 2.43. The molecule has 0 radical (unpaired) electrons. The molecule has 0 bridgehead atoms. The van der Waals surface area contributed by atoms with E-state index in [1.165, 1.54) is 14.2 Å². The maximum absolute atomic E-state index is 12.6. The number of rotatable bonds is 8. The number of carbonyl (C=O) groups excluding carboxylic acids is 1. The SMILES string of the molecule is COc1cc(-c2nc(-c3ccccc3)c(-c3cccs3)[nH]2)cc(OC)c1OC(=O)OC(Cl)c1ccccc1. The zero-order chi connectivity index (χ0) is 26.5. The molecule has 9 heteroatoms. The number of nitrogens with zero attached hydrogens (tertiary/aromatic N) is 1. The van der Waals surface area contributed by atoms with E-state index in [0.29, 0.717) is 17.0 Å². The molecule has 0 saturated heterocycles. The Morgan fingerprint density at radius 2 is 1.55 bits per heavy atom. The van der Waals surface area contributed by atoms with Gasteiger partial charge in [0.15, 0.2) is 11.5 Å². The Kier molecular flexibility index (Phi) is 7.62. The molecule has 2 heterocycles. The van der Waals surface area contributed by atoms with Crippen LogP contribution in [0.25, 0.3) is 33.2 Å². The summed E-state index contributed by atoms with van der Waals surface area (Å²) in [7, 11) is 2.94. The van der Waals surface area contributed by atoms with Crippen molar-refractivity contribution in [2.45, 2.75) is 5.56 Å². The summed E-state index contributed by atoms with van der Waals surface area (Å²) in [6.45, 7) is 0. The van der Waals surface area contributed by atoms with Gasteiger partial charge in [-0.05, 0) is 23.6 Å². The van der Waals surface area contributed by atoms with E-state index in [0.717, 1.165) is 21.8 Å². The van der Waals surface area contributed by atoms with Crippen molar-refractivity contribution in [1.29, 1.82) is 0 Å². The Labute approximate surface area is 228 Å². The zero-order valence-corrected chi connectivity index (χ0v) is 22.1. The minimum Gasteiger partial charge on any atom is -0.493 e. The van der Waals surface area contributed by atoms with Crippen LogP contribution in [0.15, 0.2) is 90.3 Å². The van der Waals surface area contributed by atoms with Crippen LogP contribution in [0, 0.1) is 0 Å². The number of nitrogens with one attached hydrogen (secondary N) is 1. The van der Waals surface area contributed by atoms with E-state index in [1.54, 1.807) is 47.7 Å². The van der Waals surface area contributed by atoms with E-state index in [2.05, 4.69) is 4.98 Å². The van der Waals surface area contributed by atoms with Crippen molar-refractivity contribution >= 4 is 29.1 Å². The van der Waals surface area contributed by atoms with Crippen LogP contribution in [-0.4, -0.2) is 30.3 Å². The van der Waals surface area contributed by atoms with Crippen molar-refractivity contribution < 1.29 is 23.7 Å². The zero-order valence-electron chi connectivity index (χ0n) is 20.5. The first kappa shape index (κ1) is 25.4. The first-order valence-electron chi connectivity index (χ1n) is 11.6. The number of benzene rings is 3. The number of hydrogen-bond acceptors (Lipinski definition) is 7. The molecule has 1 atom stereocenters. The van der Waals surface area contributed by atoms with E-state index < -0.39 is 11.7 Å². The molecule has 0 saturated carbocycles. The predicted octanol–water partition coefficient (Wildman–Crippen LogP) is 7.94. The van der Waals surface area contributed by atoms with Gasteiger partial charge in [-0.2, -0.15) is 0 Å². The van der Waals surface area contributed by atoms with Crippen LogP contribution in [0.1, 0.15) is 11.1 Å². The highest BCUT2D eigenvalue weighted by Gasteiger charge is 2.23. The van der Waals surface area contributed by atoms with Crippen molar-refractivity contribution in [3.8, 4) is 50.5 Å². The number of hydrogen-bond donors (Lipinski definition) is 1. The number of H-pyrrole nitrogens is 1. The summed E-state index contributed by atoms with van der Waals surface area (Å²) in [5, 5.41) is 2.02. The Morgan fingerprint density at radius 1 is 0.895 bits per heavy atom. The molecule has 5 aromatic rings. The van der Waals surface area contributed by atoms with Gasteiger partial charge in [-0.3, -0.25) is 0 Å². The number of aromatic amines is 1. The number of halogens is 1. The molecule has 1 unspecified atom stereocenters. The average molecular weight is 547 g/mol. The molecular formula is C29H23ClN2O5S. The molecular weight excluding hydrogens is 524 g/mol. The lowest BCUT2D eigenvalue weighted by Gasteiger charge is -2.16. The Hall–Kier alpha value is -4.27. The van der Waals surface area contributed by atoms with Gasteiger partial charge in [0.1, 0.15) is 5.82 Å². The number of ether oxygens (including phenoxy) is 4. The van der Waals surface area contributed by atoms with E-state index in [9.17, 15) is 4.79 Å². The second kappa shape index (κ2) is 11.4. The van der Waals surface area contributed by atoms with Crippen LogP contribution >= 0.6 is 22.9 Å². The minimum absolute atomic E-state index is 0.0639. The fourth-order valence-corrected chi connectivity index (χ4v) is 4.84. The first-order chi connectivity index (χ1) is 18.6. The van der Waals surface area contributed by atoms with Gasteiger partial charge in [0.2, 0.25) is 11.3 Å². The Balaban J connectivity index is 1.48. The second-order valence-corrected chi connectivity index (χ2v) is 9.40. The van der Waals surface area contributed by atoms with Crippen LogP contribution < -0.4 is 14.2 Å². The number of imidazole rings is 1. The second-order valence-electron chi connectivity index (χ2n) is 8.06. The normalized spacial score (nSPS) is 11.6. The van der Waals surface area contributed by atoms with Gasteiger partial charge in [0, 0.05) is 16.7 Å². The highest BCUT2D eigenvalue weighted by atomic mass is 35.5. The van der Waals surface area contributed by atoms with Crippen molar-refractivity contribution in [3.05, 3.63) is 95.9 Å². The van der Waals surface area contributed by atoms with Gasteiger partial charge < -0.3 is 23.9 Å². The van der Waals surface area contributed by atoms with Crippen LogP contribution in [0.3, 0.4) is 0 Å². The molecule has 38 heavy (non-hydrogen) atoms. The van der Waals surface area contributed by atoms with Gasteiger partial charge in [0.05, 0.1) is 30.5 Å². The van der Waals surface area contributed by atoms with Crippen molar-refractivity contribution in [2.75, 3.05) is 14.2 Å². The number of aromatic nitrogens is 2. The van der Waals surface area contributed by atoms with Crippen molar-refractivity contribution in [1.82, 2.24) is 9.97 Å². The third-order valence-electron chi connectivity index (χ3n) is 5.70. The summed E-state index contributed by atoms with van der Waals surface area (Å²) in [6, 6.07) is 26.3. The fraction of sp³-hybridized carbons (Fsp3) is 0.103. The lowest BCUT2D eigenvalue weighted by atomic mass is 10.1. The number of methoxy groups -OCH3 is 2. The summed E-state index contributed by atoms with van der Waals surface area (Å²) in [5.41, 5.74) is 2.98. The lowest BCUT2D eigenvalue weighted by molar-refractivity contribution is 0.0850. The monoisotopic (exact) mass is 546 g/mol. The highest BCUT2D eigenvalue weighted by molar-refractivity contribution is 7.13. The van der Waals surface area contributed by atoms with E-state index in [1.807, 2.05) is 53.9 Å². The Morgan fingerprint density at radius 3 is 2.16 bits per heavy atom. The molecule has 0 amide bonds. The Bertz CT molecular complexity index is 1500. The number of carbonyl (C=O) groups is 1. The van der Waals surface area contributed by atoms with Gasteiger partial charge >= 0.3 is 6.16 Å². The topological polar surface area (TPSA) is 82.7 Å². The summed E-state index contributed by atoms with van der Waals surface area (Å²) < 4.78 is 21.8. The van der Waals surface area contributed by atoms with E-state index in [4.69, 9.17) is 35.5 Å². The molecule has 2 aromatic heterocycles. The molecule has 0 aliphatic rings. The molecule has 3 aromatic carbocycles. The molecule has 0 aliphatic heterocycles.